The van der Waals surface area contributed by atoms with Crippen molar-refractivity contribution in [1.82, 2.24) is 4.98 Å². The van der Waals surface area contributed by atoms with Crippen molar-refractivity contribution < 1.29 is 4.79 Å². The van der Waals surface area contributed by atoms with E-state index < -0.39 is 0 Å². The Morgan fingerprint density at radius 2 is 1.95 bits per heavy atom. The molecule has 0 aliphatic carbocycles. The van der Waals surface area contributed by atoms with Gasteiger partial charge in [0.25, 0.3) is 0 Å². The summed E-state index contributed by atoms with van der Waals surface area (Å²) >= 11 is 3.15. The van der Waals surface area contributed by atoms with Gasteiger partial charge in [-0.1, -0.05) is 41.7 Å². The van der Waals surface area contributed by atoms with Crippen LogP contribution < -0.4 is 5.32 Å². The van der Waals surface area contributed by atoms with Gasteiger partial charge in [0.2, 0.25) is 5.91 Å². The number of benzene rings is 2. The number of aromatic nitrogens is 1. The lowest BCUT2D eigenvalue weighted by molar-refractivity contribution is -0.115. The maximum Gasteiger partial charge on any atom is 0.239 e. The summed E-state index contributed by atoms with van der Waals surface area (Å²) in [5.74, 6) is 0.0373. The third-order valence-electron chi connectivity index (χ3n) is 3.46. The fraction of sp³-hybridized carbons (Fsp3) is 0.125. The molecule has 1 aromatic heterocycles. The Morgan fingerprint density at radius 1 is 1.14 bits per heavy atom. The molecular formula is C16H12N2OS2. The molecule has 5 heteroatoms. The minimum Gasteiger partial charge on any atom is -0.301 e. The first-order valence-corrected chi connectivity index (χ1v) is 8.40. The molecule has 1 N–H and O–H groups in total. The number of carbonyl (C=O) groups excluding carboxylic acids is 1. The molecule has 4 rings (SSSR count). The van der Waals surface area contributed by atoms with Crippen LogP contribution in [0.5, 0.6) is 0 Å². The third-order valence-corrected chi connectivity index (χ3v) is 5.73. The van der Waals surface area contributed by atoms with Crippen LogP contribution in [0.15, 0.2) is 53.4 Å². The fourth-order valence-corrected chi connectivity index (χ4v) is 4.50. The van der Waals surface area contributed by atoms with E-state index in [1.165, 1.54) is 21.8 Å². The standard InChI is InChI=1S/C16H12N2OS2/c19-15(14-9-10-5-1-3-7-12(10)20-14)18-16-17-11-6-2-4-8-13(11)21-16/h1-8,14H,9H2,(H,17,18,19)/t14-/m1/s1. The summed E-state index contributed by atoms with van der Waals surface area (Å²) in [5, 5.41) is 3.57. The Kier molecular flexibility index (Phi) is 3.16. The number of amides is 1. The van der Waals surface area contributed by atoms with Crippen molar-refractivity contribution in [3.63, 3.8) is 0 Å². The molecule has 0 bridgehead atoms. The van der Waals surface area contributed by atoms with Gasteiger partial charge in [-0.2, -0.15) is 0 Å². The lowest BCUT2D eigenvalue weighted by Crippen LogP contribution is -2.24. The van der Waals surface area contributed by atoms with Gasteiger partial charge in [-0.15, -0.1) is 11.8 Å². The molecule has 0 saturated heterocycles. The number of hydrogen-bond donors (Lipinski definition) is 1. The fourth-order valence-electron chi connectivity index (χ4n) is 2.44. The predicted octanol–water partition coefficient (Wildman–Crippen LogP) is 3.95. The van der Waals surface area contributed by atoms with Crippen LogP contribution in [0.3, 0.4) is 0 Å². The SMILES string of the molecule is O=C(Nc1nc2ccccc2s1)[C@H]1Cc2ccccc2S1. The molecule has 3 aromatic rings. The zero-order valence-electron chi connectivity index (χ0n) is 11.1. The van der Waals surface area contributed by atoms with Crippen LogP contribution in [0.4, 0.5) is 5.13 Å². The van der Waals surface area contributed by atoms with Gasteiger partial charge < -0.3 is 5.32 Å². The molecule has 104 valence electrons. The van der Waals surface area contributed by atoms with E-state index >= 15 is 0 Å². The van der Waals surface area contributed by atoms with E-state index in [-0.39, 0.29) is 11.2 Å². The van der Waals surface area contributed by atoms with Crippen molar-refractivity contribution in [1.29, 1.82) is 0 Å². The lowest BCUT2D eigenvalue weighted by Gasteiger charge is -2.07. The topological polar surface area (TPSA) is 42.0 Å². The van der Waals surface area contributed by atoms with E-state index in [9.17, 15) is 4.79 Å². The highest BCUT2D eigenvalue weighted by atomic mass is 32.2. The third kappa shape index (κ3) is 2.43. The van der Waals surface area contributed by atoms with Gasteiger partial charge in [-0.05, 0) is 30.2 Å². The maximum absolute atomic E-state index is 12.4. The Morgan fingerprint density at radius 3 is 2.81 bits per heavy atom. The second-order valence-corrected chi connectivity index (χ2v) is 7.17. The van der Waals surface area contributed by atoms with Crippen molar-refractivity contribution in [2.24, 2.45) is 0 Å². The smallest absolute Gasteiger partial charge is 0.239 e. The summed E-state index contributed by atoms with van der Waals surface area (Å²) in [7, 11) is 0. The summed E-state index contributed by atoms with van der Waals surface area (Å²) in [6, 6.07) is 16.1. The van der Waals surface area contributed by atoms with E-state index in [1.807, 2.05) is 36.4 Å². The molecule has 0 saturated carbocycles. The van der Waals surface area contributed by atoms with Crippen LogP contribution >= 0.6 is 23.1 Å². The number of carbonyl (C=O) groups is 1. The number of para-hydroxylation sites is 1. The zero-order chi connectivity index (χ0) is 14.2. The zero-order valence-corrected chi connectivity index (χ0v) is 12.7. The molecule has 1 aliphatic rings. The molecular weight excluding hydrogens is 300 g/mol. The average molecular weight is 312 g/mol. The summed E-state index contributed by atoms with van der Waals surface area (Å²) < 4.78 is 1.09. The average Bonchev–Trinajstić information content (AvgIpc) is 3.10. The molecule has 1 aliphatic heterocycles. The second kappa shape index (κ2) is 5.16. The molecule has 1 atom stereocenters. The van der Waals surface area contributed by atoms with Crippen LogP contribution in [0.2, 0.25) is 0 Å². The van der Waals surface area contributed by atoms with Crippen molar-refractivity contribution in [2.75, 3.05) is 5.32 Å². The van der Waals surface area contributed by atoms with Crippen molar-refractivity contribution in [2.45, 2.75) is 16.6 Å². The number of hydrogen-bond acceptors (Lipinski definition) is 4. The molecule has 0 fully saturated rings. The summed E-state index contributed by atoms with van der Waals surface area (Å²) in [6.07, 6.45) is 0.789. The van der Waals surface area contributed by atoms with Gasteiger partial charge in [0.1, 0.15) is 0 Å². The number of fused-ring (bicyclic) bond motifs is 2. The Hall–Kier alpha value is -1.85. The molecule has 21 heavy (non-hydrogen) atoms. The minimum atomic E-state index is -0.0607. The summed E-state index contributed by atoms with van der Waals surface area (Å²) in [5.41, 5.74) is 2.19. The quantitative estimate of drug-likeness (QED) is 0.779. The number of thioether (sulfide) groups is 1. The van der Waals surface area contributed by atoms with E-state index in [2.05, 4.69) is 22.4 Å². The lowest BCUT2D eigenvalue weighted by atomic mass is 10.1. The second-order valence-electron chi connectivity index (χ2n) is 4.89. The predicted molar refractivity (Wildman–Crippen MR) is 88.0 cm³/mol. The van der Waals surface area contributed by atoms with Crippen LogP contribution in [0.1, 0.15) is 5.56 Å². The normalized spacial score (nSPS) is 16.9. The number of thiazole rings is 1. The maximum atomic E-state index is 12.4. The number of anilines is 1. The van der Waals surface area contributed by atoms with Crippen molar-refractivity contribution in [3.8, 4) is 0 Å². The van der Waals surface area contributed by atoms with Crippen LogP contribution in [0, 0.1) is 0 Å². The first-order chi connectivity index (χ1) is 10.3. The number of rotatable bonds is 2. The van der Waals surface area contributed by atoms with Gasteiger partial charge >= 0.3 is 0 Å². The van der Waals surface area contributed by atoms with Crippen LogP contribution in [-0.4, -0.2) is 16.1 Å². The molecule has 0 spiro atoms. The Balaban J connectivity index is 1.52. The van der Waals surface area contributed by atoms with Crippen molar-refractivity contribution in [3.05, 3.63) is 54.1 Å². The van der Waals surface area contributed by atoms with Crippen LogP contribution in [0.25, 0.3) is 10.2 Å². The highest BCUT2D eigenvalue weighted by Crippen LogP contribution is 2.37. The van der Waals surface area contributed by atoms with Crippen molar-refractivity contribution >= 4 is 44.4 Å². The molecule has 1 amide bonds. The van der Waals surface area contributed by atoms with Gasteiger partial charge in [0.05, 0.1) is 15.5 Å². The molecule has 2 aromatic carbocycles. The molecule has 2 heterocycles. The van der Waals surface area contributed by atoms with E-state index in [0.29, 0.717) is 5.13 Å². The van der Waals surface area contributed by atoms with Gasteiger partial charge in [0.15, 0.2) is 5.13 Å². The monoisotopic (exact) mass is 312 g/mol. The minimum absolute atomic E-state index is 0.0373. The Bertz CT molecular complexity index is 770. The summed E-state index contributed by atoms with van der Waals surface area (Å²) in [6.45, 7) is 0. The molecule has 0 radical (unpaired) electrons. The van der Waals surface area contributed by atoms with E-state index in [4.69, 9.17) is 0 Å². The van der Waals surface area contributed by atoms with Gasteiger partial charge in [0, 0.05) is 4.90 Å². The number of nitrogens with zero attached hydrogens (tertiary/aromatic N) is 1. The largest absolute Gasteiger partial charge is 0.301 e. The number of nitrogens with one attached hydrogen (secondary N) is 1. The molecule has 0 unspecified atom stereocenters. The van der Waals surface area contributed by atoms with E-state index in [1.54, 1.807) is 11.8 Å². The van der Waals surface area contributed by atoms with Gasteiger partial charge in [-0.25, -0.2) is 4.98 Å². The van der Waals surface area contributed by atoms with Gasteiger partial charge in [-0.3, -0.25) is 4.79 Å². The first-order valence-electron chi connectivity index (χ1n) is 6.70. The highest BCUT2D eigenvalue weighted by molar-refractivity contribution is 8.01. The highest BCUT2D eigenvalue weighted by Gasteiger charge is 2.28. The summed E-state index contributed by atoms with van der Waals surface area (Å²) in [4.78, 5) is 18.1. The van der Waals surface area contributed by atoms with E-state index in [0.717, 1.165) is 16.6 Å². The Labute approximate surface area is 130 Å². The first kappa shape index (κ1) is 12.9. The molecule has 3 nitrogen and oxygen atoms in total. The van der Waals surface area contributed by atoms with Crippen LogP contribution in [-0.2, 0) is 11.2 Å².